The van der Waals surface area contributed by atoms with E-state index in [-0.39, 0.29) is 11.5 Å². The predicted octanol–water partition coefficient (Wildman–Crippen LogP) is 0.484. The van der Waals surface area contributed by atoms with Crippen LogP contribution in [-0.2, 0) is 9.57 Å². The zero-order chi connectivity index (χ0) is 10.6. The van der Waals surface area contributed by atoms with Crippen LogP contribution in [0, 0.1) is 16.7 Å². The van der Waals surface area contributed by atoms with Gasteiger partial charge in [-0.05, 0) is 13.8 Å². The molecule has 1 atom stereocenters. The van der Waals surface area contributed by atoms with E-state index in [1.807, 2.05) is 6.92 Å². The SMILES string of the molecule is CON/C(=N\C(C)C#N)C1(C)COC1. The quantitative estimate of drug-likeness (QED) is 0.406. The number of hydrogen-bond donors (Lipinski definition) is 1. The summed E-state index contributed by atoms with van der Waals surface area (Å²) < 4.78 is 5.12. The van der Waals surface area contributed by atoms with Gasteiger partial charge in [0.1, 0.15) is 11.9 Å². The van der Waals surface area contributed by atoms with E-state index in [4.69, 9.17) is 14.8 Å². The van der Waals surface area contributed by atoms with Crippen molar-refractivity contribution in [3.63, 3.8) is 0 Å². The summed E-state index contributed by atoms with van der Waals surface area (Å²) in [4.78, 5) is 9.04. The van der Waals surface area contributed by atoms with Crippen LogP contribution in [0.5, 0.6) is 0 Å². The van der Waals surface area contributed by atoms with Crippen molar-refractivity contribution in [1.82, 2.24) is 5.48 Å². The van der Waals surface area contributed by atoms with Crippen molar-refractivity contribution in [3.05, 3.63) is 0 Å². The molecule has 0 aromatic rings. The highest BCUT2D eigenvalue weighted by molar-refractivity contribution is 5.88. The lowest BCUT2D eigenvalue weighted by Crippen LogP contribution is -2.52. The molecule has 1 unspecified atom stereocenters. The van der Waals surface area contributed by atoms with Gasteiger partial charge < -0.3 is 4.74 Å². The van der Waals surface area contributed by atoms with E-state index in [9.17, 15) is 0 Å². The molecule has 0 aromatic carbocycles. The van der Waals surface area contributed by atoms with E-state index in [0.29, 0.717) is 19.0 Å². The van der Waals surface area contributed by atoms with Gasteiger partial charge in [0.25, 0.3) is 0 Å². The zero-order valence-corrected chi connectivity index (χ0v) is 8.70. The molecule has 1 N–H and O–H groups in total. The number of nitriles is 1. The van der Waals surface area contributed by atoms with Crippen LogP contribution in [0.4, 0.5) is 0 Å². The fourth-order valence-electron chi connectivity index (χ4n) is 1.17. The van der Waals surface area contributed by atoms with Crippen LogP contribution in [0.2, 0.25) is 0 Å². The second-order valence-corrected chi connectivity index (χ2v) is 3.64. The van der Waals surface area contributed by atoms with E-state index < -0.39 is 0 Å². The average molecular weight is 197 g/mol. The molecule has 14 heavy (non-hydrogen) atoms. The van der Waals surface area contributed by atoms with Gasteiger partial charge in [-0.1, -0.05) is 0 Å². The Bertz CT molecular complexity index is 266. The summed E-state index contributed by atoms with van der Waals surface area (Å²) in [6, 6.07) is 1.68. The van der Waals surface area contributed by atoms with Crippen LogP contribution in [-0.4, -0.2) is 32.2 Å². The molecule has 0 aliphatic carbocycles. The van der Waals surface area contributed by atoms with Crippen molar-refractivity contribution in [3.8, 4) is 6.07 Å². The molecule has 1 aliphatic rings. The van der Waals surface area contributed by atoms with Gasteiger partial charge >= 0.3 is 0 Å². The molecule has 1 saturated heterocycles. The molecule has 5 heteroatoms. The molecule has 1 aliphatic heterocycles. The monoisotopic (exact) mass is 197 g/mol. The van der Waals surface area contributed by atoms with E-state index in [2.05, 4.69) is 16.5 Å². The lowest BCUT2D eigenvalue weighted by atomic mass is 9.87. The molecule has 78 valence electrons. The molecular weight excluding hydrogens is 182 g/mol. The van der Waals surface area contributed by atoms with Crippen molar-refractivity contribution in [1.29, 1.82) is 5.26 Å². The predicted molar refractivity (Wildman–Crippen MR) is 51.6 cm³/mol. The summed E-state index contributed by atoms with van der Waals surface area (Å²) in [5.41, 5.74) is 2.57. The average Bonchev–Trinajstić information content (AvgIpc) is 2.13. The van der Waals surface area contributed by atoms with Crippen molar-refractivity contribution < 1.29 is 9.57 Å². The molecular formula is C9H15N3O2. The standard InChI is InChI=1S/C9H15N3O2/c1-7(4-10)11-8(12-13-3)9(2)5-14-6-9/h7H,5-6H2,1-3H3,(H,11,12). The van der Waals surface area contributed by atoms with E-state index >= 15 is 0 Å². The van der Waals surface area contributed by atoms with E-state index in [1.54, 1.807) is 6.92 Å². The van der Waals surface area contributed by atoms with Gasteiger partial charge in [-0.3, -0.25) is 15.3 Å². The molecule has 1 heterocycles. The van der Waals surface area contributed by atoms with Crippen LogP contribution in [0.3, 0.4) is 0 Å². The summed E-state index contributed by atoms with van der Waals surface area (Å²) in [6.07, 6.45) is 0. The number of hydroxylamine groups is 1. The Morgan fingerprint density at radius 3 is 2.71 bits per heavy atom. The van der Waals surface area contributed by atoms with Gasteiger partial charge in [0.05, 0.1) is 31.8 Å². The van der Waals surface area contributed by atoms with Gasteiger partial charge in [0.15, 0.2) is 0 Å². The number of nitrogens with zero attached hydrogens (tertiary/aromatic N) is 2. The molecule has 0 amide bonds. The van der Waals surface area contributed by atoms with Crippen molar-refractivity contribution in [2.75, 3.05) is 20.3 Å². The first-order chi connectivity index (χ1) is 6.62. The lowest BCUT2D eigenvalue weighted by molar-refractivity contribution is -0.0654. The molecule has 1 rings (SSSR count). The molecule has 0 saturated carbocycles. The highest BCUT2D eigenvalue weighted by Crippen LogP contribution is 2.27. The largest absolute Gasteiger partial charge is 0.379 e. The maximum Gasteiger partial charge on any atom is 0.135 e. The van der Waals surface area contributed by atoms with Crippen molar-refractivity contribution in [2.24, 2.45) is 10.4 Å². The van der Waals surface area contributed by atoms with Gasteiger partial charge in [-0.25, -0.2) is 0 Å². The first-order valence-corrected chi connectivity index (χ1v) is 4.47. The third kappa shape index (κ3) is 2.22. The van der Waals surface area contributed by atoms with Crippen molar-refractivity contribution in [2.45, 2.75) is 19.9 Å². The summed E-state index contributed by atoms with van der Waals surface area (Å²) in [6.45, 7) is 4.98. The Morgan fingerprint density at radius 1 is 1.71 bits per heavy atom. The minimum Gasteiger partial charge on any atom is -0.379 e. The van der Waals surface area contributed by atoms with Gasteiger partial charge in [-0.2, -0.15) is 5.26 Å². The third-order valence-electron chi connectivity index (χ3n) is 2.12. The van der Waals surface area contributed by atoms with E-state index in [1.165, 1.54) is 7.11 Å². The first kappa shape index (κ1) is 11.0. The molecule has 5 nitrogen and oxygen atoms in total. The van der Waals surface area contributed by atoms with Gasteiger partial charge in [0.2, 0.25) is 0 Å². The second-order valence-electron chi connectivity index (χ2n) is 3.64. The maximum atomic E-state index is 8.65. The van der Waals surface area contributed by atoms with Gasteiger partial charge in [-0.15, -0.1) is 0 Å². The maximum absolute atomic E-state index is 8.65. The Hall–Kier alpha value is -1.12. The van der Waals surface area contributed by atoms with E-state index in [0.717, 1.165) is 0 Å². The fraction of sp³-hybridized carbons (Fsp3) is 0.778. The number of nitrogens with one attached hydrogen (secondary N) is 1. The molecule has 0 bridgehead atoms. The highest BCUT2D eigenvalue weighted by Gasteiger charge is 2.39. The van der Waals surface area contributed by atoms with Crippen LogP contribution >= 0.6 is 0 Å². The molecule has 0 spiro atoms. The smallest absolute Gasteiger partial charge is 0.135 e. The normalized spacial score (nSPS) is 22.0. The summed E-state index contributed by atoms with van der Waals surface area (Å²) in [5.74, 6) is 0.681. The number of amidine groups is 1. The Labute approximate surface area is 83.7 Å². The number of hydrogen-bond acceptors (Lipinski definition) is 4. The summed E-state index contributed by atoms with van der Waals surface area (Å²) >= 11 is 0. The van der Waals surface area contributed by atoms with Crippen LogP contribution in [0.1, 0.15) is 13.8 Å². The fourth-order valence-corrected chi connectivity index (χ4v) is 1.17. The Morgan fingerprint density at radius 2 is 2.36 bits per heavy atom. The van der Waals surface area contributed by atoms with Crippen LogP contribution < -0.4 is 5.48 Å². The molecule has 1 fully saturated rings. The van der Waals surface area contributed by atoms with Crippen LogP contribution in [0.15, 0.2) is 4.99 Å². The topological polar surface area (TPSA) is 66.6 Å². The van der Waals surface area contributed by atoms with Gasteiger partial charge in [0, 0.05) is 0 Å². The number of ether oxygens (including phenoxy) is 1. The number of rotatable bonds is 3. The Kier molecular flexibility index (Phi) is 3.44. The third-order valence-corrected chi connectivity index (χ3v) is 2.12. The minimum absolute atomic E-state index is 0.138. The van der Waals surface area contributed by atoms with Crippen molar-refractivity contribution >= 4 is 5.84 Å². The highest BCUT2D eigenvalue weighted by atomic mass is 16.6. The summed E-state index contributed by atoms with van der Waals surface area (Å²) in [5, 5.41) is 8.65. The minimum atomic E-state index is -0.370. The second kappa shape index (κ2) is 4.40. The molecule has 0 aromatic heterocycles. The molecule has 0 radical (unpaired) electrons. The zero-order valence-electron chi connectivity index (χ0n) is 8.70. The first-order valence-electron chi connectivity index (χ1n) is 4.47. The number of aliphatic imine (C=N–C) groups is 1. The Balaban J connectivity index is 2.73. The van der Waals surface area contributed by atoms with Crippen LogP contribution in [0.25, 0.3) is 0 Å². The lowest BCUT2D eigenvalue weighted by Gasteiger charge is -2.38. The summed E-state index contributed by atoms with van der Waals surface area (Å²) in [7, 11) is 1.52.